The summed E-state index contributed by atoms with van der Waals surface area (Å²) in [7, 11) is 1.21. The number of carboxylic acids is 1. The summed E-state index contributed by atoms with van der Waals surface area (Å²) < 4.78 is 25.5. The van der Waals surface area contributed by atoms with Crippen LogP contribution in [0.4, 0.5) is 4.39 Å². The van der Waals surface area contributed by atoms with Gasteiger partial charge in [-0.1, -0.05) is 23.2 Å². The fourth-order valence-corrected chi connectivity index (χ4v) is 4.92. The van der Waals surface area contributed by atoms with Gasteiger partial charge in [0.15, 0.2) is 0 Å². The summed E-state index contributed by atoms with van der Waals surface area (Å²) in [6.07, 6.45) is 2.95. The number of methoxy groups -OCH3 is 1. The minimum atomic E-state index is -1.01. The van der Waals surface area contributed by atoms with E-state index in [1.165, 1.54) is 19.2 Å². The zero-order chi connectivity index (χ0) is 23.7. The number of aliphatic carboxylic acids is 1. The van der Waals surface area contributed by atoms with E-state index in [1.54, 1.807) is 18.2 Å². The number of likely N-dealkylation sites (tertiary alicyclic amines) is 1. The minimum Gasteiger partial charge on any atom is -0.489 e. The Kier molecular flexibility index (Phi) is 7.12. The van der Waals surface area contributed by atoms with Gasteiger partial charge in [-0.05, 0) is 73.5 Å². The van der Waals surface area contributed by atoms with Crippen molar-refractivity contribution in [1.82, 2.24) is 4.90 Å². The van der Waals surface area contributed by atoms with E-state index in [4.69, 9.17) is 27.9 Å². The van der Waals surface area contributed by atoms with Gasteiger partial charge in [-0.25, -0.2) is 9.18 Å². The molecule has 0 spiro atoms. The van der Waals surface area contributed by atoms with E-state index in [9.17, 15) is 19.1 Å². The van der Waals surface area contributed by atoms with E-state index in [1.807, 2.05) is 4.90 Å². The van der Waals surface area contributed by atoms with Gasteiger partial charge >= 0.3 is 11.9 Å². The zero-order valence-corrected chi connectivity index (χ0v) is 19.5. The molecule has 33 heavy (non-hydrogen) atoms. The molecule has 0 bridgehead atoms. The van der Waals surface area contributed by atoms with E-state index >= 15 is 0 Å². The molecule has 0 aromatic heterocycles. The van der Waals surface area contributed by atoms with Crippen LogP contribution in [0, 0.1) is 5.82 Å². The van der Waals surface area contributed by atoms with Gasteiger partial charge in [0.05, 0.1) is 12.7 Å². The Bertz CT molecular complexity index is 1050. The number of hydrogen-bond donors (Lipinski definition) is 1. The van der Waals surface area contributed by atoms with Crippen molar-refractivity contribution in [3.05, 3.63) is 62.9 Å². The number of hydrogen-bond acceptors (Lipinski definition) is 5. The van der Waals surface area contributed by atoms with Gasteiger partial charge in [-0.2, -0.15) is 0 Å². The Labute approximate surface area is 201 Å². The van der Waals surface area contributed by atoms with Crippen LogP contribution in [-0.4, -0.2) is 48.2 Å². The lowest BCUT2D eigenvalue weighted by Crippen LogP contribution is -2.45. The third-order valence-electron chi connectivity index (χ3n) is 6.02. The number of carbonyl (C=O) groups is 2. The highest BCUT2D eigenvalue weighted by atomic mass is 35.5. The number of esters is 1. The smallest absolute Gasteiger partial charge is 0.340 e. The number of piperidine rings is 1. The number of benzene rings is 2. The summed E-state index contributed by atoms with van der Waals surface area (Å²) in [6, 6.07) is 6.58. The Balaban J connectivity index is 1.57. The predicted molar refractivity (Wildman–Crippen MR) is 122 cm³/mol. The summed E-state index contributed by atoms with van der Waals surface area (Å²) in [4.78, 5) is 25.9. The molecule has 4 rings (SSSR count). The maximum atomic E-state index is 14.6. The van der Waals surface area contributed by atoms with Crippen LogP contribution in [0.15, 0.2) is 30.3 Å². The maximum Gasteiger partial charge on any atom is 0.340 e. The van der Waals surface area contributed by atoms with Crippen LogP contribution in [-0.2, 0) is 9.53 Å². The quantitative estimate of drug-likeness (QED) is 0.513. The number of ether oxygens (including phenoxy) is 2. The maximum absolute atomic E-state index is 14.6. The molecule has 0 radical (unpaired) electrons. The fourth-order valence-electron chi connectivity index (χ4n) is 4.37. The van der Waals surface area contributed by atoms with Gasteiger partial charge in [-0.3, -0.25) is 9.69 Å². The Hall–Kier alpha value is -2.35. The van der Waals surface area contributed by atoms with Crippen LogP contribution in [0.5, 0.6) is 5.75 Å². The molecule has 1 N–H and O–H groups in total. The van der Waals surface area contributed by atoms with E-state index in [-0.39, 0.29) is 17.6 Å². The lowest BCUT2D eigenvalue weighted by atomic mass is 10.00. The molecule has 1 saturated heterocycles. The van der Waals surface area contributed by atoms with Gasteiger partial charge in [-0.15, -0.1) is 0 Å². The highest BCUT2D eigenvalue weighted by Gasteiger charge is 2.35. The summed E-state index contributed by atoms with van der Waals surface area (Å²) in [5.41, 5.74) is 1.17. The molecule has 1 aliphatic carbocycles. The van der Waals surface area contributed by atoms with E-state index in [2.05, 4.69) is 4.74 Å². The molecular formula is C24H24Cl2FNO5. The lowest BCUT2D eigenvalue weighted by Gasteiger charge is -2.37. The molecule has 9 heteroatoms. The van der Waals surface area contributed by atoms with Crippen molar-refractivity contribution in [3.63, 3.8) is 0 Å². The highest BCUT2D eigenvalue weighted by molar-refractivity contribution is 6.34. The molecule has 6 nitrogen and oxygen atoms in total. The number of carbonyl (C=O) groups excluding carboxylic acids is 1. The summed E-state index contributed by atoms with van der Waals surface area (Å²) in [5, 5.41) is 10.7. The molecule has 2 atom stereocenters. The van der Waals surface area contributed by atoms with Gasteiger partial charge in [0.2, 0.25) is 0 Å². The Morgan fingerprint density at radius 3 is 2.42 bits per heavy atom. The Morgan fingerprint density at radius 1 is 1.12 bits per heavy atom. The molecule has 1 saturated carbocycles. The second-order valence-corrected chi connectivity index (χ2v) is 9.33. The molecule has 2 aromatic rings. The molecule has 2 fully saturated rings. The number of rotatable bonds is 7. The first-order valence-electron chi connectivity index (χ1n) is 10.8. The standard InChI is InChI=1S/C24H24Cl2FNO5/c1-32-24(31)19-10-18(13-4-5-13)21(11-20(19)27)33-17-3-2-6-28(12-17)22(23(29)30)14-7-15(25)9-16(26)8-14/h7-11,13,17,22H,2-6,12H2,1H3,(H,29,30). The van der Waals surface area contributed by atoms with E-state index in [0.717, 1.165) is 18.4 Å². The molecule has 0 amide bonds. The topological polar surface area (TPSA) is 76.1 Å². The van der Waals surface area contributed by atoms with Crippen LogP contribution in [0.25, 0.3) is 0 Å². The fraction of sp³-hybridized carbons (Fsp3) is 0.417. The van der Waals surface area contributed by atoms with Crippen LogP contribution >= 0.6 is 23.2 Å². The number of halogens is 3. The number of carboxylic acid groups (broad SMARTS) is 1. The average molecular weight is 496 g/mol. The molecule has 2 aromatic carbocycles. The molecular weight excluding hydrogens is 472 g/mol. The van der Waals surface area contributed by atoms with E-state index < -0.39 is 23.8 Å². The van der Waals surface area contributed by atoms with Crippen molar-refractivity contribution >= 4 is 35.1 Å². The normalized spacial score (nSPS) is 19.7. The van der Waals surface area contributed by atoms with Crippen LogP contribution < -0.4 is 4.74 Å². The van der Waals surface area contributed by atoms with Crippen molar-refractivity contribution in [2.75, 3.05) is 20.2 Å². The van der Waals surface area contributed by atoms with Crippen molar-refractivity contribution < 1.29 is 28.6 Å². The van der Waals surface area contributed by atoms with Crippen molar-refractivity contribution in [2.24, 2.45) is 0 Å². The zero-order valence-electron chi connectivity index (χ0n) is 18.0. The second kappa shape index (κ2) is 9.87. The summed E-state index contributed by atoms with van der Waals surface area (Å²) in [5.74, 6) is -1.84. The average Bonchev–Trinajstić information content (AvgIpc) is 3.58. The summed E-state index contributed by atoms with van der Waals surface area (Å²) in [6.45, 7) is 0.900. The monoisotopic (exact) mass is 495 g/mol. The minimum absolute atomic E-state index is 0.110. The molecule has 1 heterocycles. The highest BCUT2D eigenvalue weighted by Crippen LogP contribution is 2.45. The van der Waals surface area contributed by atoms with Crippen LogP contribution in [0.2, 0.25) is 10.0 Å². The third kappa shape index (κ3) is 5.42. The van der Waals surface area contributed by atoms with Gasteiger partial charge < -0.3 is 14.6 Å². The molecule has 176 valence electrons. The first-order valence-corrected chi connectivity index (χ1v) is 11.5. The van der Waals surface area contributed by atoms with Crippen molar-refractivity contribution in [1.29, 1.82) is 0 Å². The number of nitrogens with zero attached hydrogens (tertiary/aromatic N) is 1. The molecule has 2 aliphatic rings. The molecule has 1 aliphatic heterocycles. The predicted octanol–water partition coefficient (Wildman–Crippen LogP) is 5.47. The lowest BCUT2D eigenvalue weighted by molar-refractivity contribution is -0.144. The summed E-state index contributed by atoms with van der Waals surface area (Å²) >= 11 is 12.2. The Morgan fingerprint density at radius 2 is 1.82 bits per heavy atom. The van der Waals surface area contributed by atoms with Gasteiger partial charge in [0.25, 0.3) is 0 Å². The molecule has 2 unspecified atom stereocenters. The van der Waals surface area contributed by atoms with Crippen molar-refractivity contribution in [3.8, 4) is 5.75 Å². The van der Waals surface area contributed by atoms with Crippen LogP contribution in [0.3, 0.4) is 0 Å². The first-order chi connectivity index (χ1) is 15.8. The van der Waals surface area contributed by atoms with Crippen LogP contribution in [0.1, 0.15) is 59.1 Å². The first kappa shape index (κ1) is 23.8. The van der Waals surface area contributed by atoms with Gasteiger partial charge in [0.1, 0.15) is 23.7 Å². The second-order valence-electron chi connectivity index (χ2n) is 8.46. The van der Waals surface area contributed by atoms with E-state index in [0.29, 0.717) is 47.3 Å². The van der Waals surface area contributed by atoms with Gasteiger partial charge in [0, 0.05) is 22.7 Å². The largest absolute Gasteiger partial charge is 0.489 e. The SMILES string of the molecule is COC(=O)c1cc(C2CC2)c(OC2CCCN(C(C(=O)O)c3cc(Cl)cc(Cl)c3)C2)cc1F. The van der Waals surface area contributed by atoms with Crippen molar-refractivity contribution in [2.45, 2.75) is 43.7 Å². The third-order valence-corrected chi connectivity index (χ3v) is 6.46.